The lowest BCUT2D eigenvalue weighted by atomic mass is 10.1. The Morgan fingerprint density at radius 2 is 1.79 bits per heavy atom. The number of benzene rings is 2. The van der Waals surface area contributed by atoms with Crippen molar-refractivity contribution in [3.05, 3.63) is 63.6 Å². The Bertz CT molecular complexity index is 1110. The summed E-state index contributed by atoms with van der Waals surface area (Å²) in [5.74, 6) is 0.785. The van der Waals surface area contributed by atoms with Crippen molar-refractivity contribution in [2.45, 2.75) is 17.7 Å². The van der Waals surface area contributed by atoms with E-state index in [-0.39, 0.29) is 46.2 Å². The van der Waals surface area contributed by atoms with Crippen LogP contribution in [0.4, 0.5) is 0 Å². The number of aliphatic imine (C=N–C) groups is 1. The van der Waals surface area contributed by atoms with Crippen LogP contribution in [0, 0.1) is 0 Å². The zero-order valence-corrected chi connectivity index (χ0v) is 21.6. The fourth-order valence-electron chi connectivity index (χ4n) is 3.26. The number of hydrogen-bond acceptors (Lipinski definition) is 5. The van der Waals surface area contributed by atoms with Crippen molar-refractivity contribution in [3.8, 4) is 0 Å². The minimum atomic E-state index is -3.85. The van der Waals surface area contributed by atoms with Gasteiger partial charge in [-0.2, -0.15) is 0 Å². The molecule has 0 fully saturated rings. The Kier molecular flexibility index (Phi) is 10.00. The molecule has 1 N–H and O–H groups in total. The van der Waals surface area contributed by atoms with Gasteiger partial charge in [0.1, 0.15) is 10.7 Å². The minimum Gasteiger partial charge on any atom is -0.368 e. The predicted molar refractivity (Wildman–Crippen MR) is 135 cm³/mol. The summed E-state index contributed by atoms with van der Waals surface area (Å²) in [5, 5.41) is 3.39. The number of nitrogens with zero attached hydrogens (tertiary/aromatic N) is 3. The molecule has 1 aliphatic rings. The smallest absolute Gasteiger partial charge is 0.244 e. The molecule has 7 nitrogen and oxygen atoms in total. The van der Waals surface area contributed by atoms with Crippen LogP contribution in [0.5, 0.6) is 0 Å². The van der Waals surface area contributed by atoms with Crippen molar-refractivity contribution >= 4 is 57.4 Å². The van der Waals surface area contributed by atoms with E-state index in [1.165, 1.54) is 25.2 Å². The molecule has 0 aliphatic carbocycles. The first kappa shape index (κ1) is 27.4. The molecule has 1 heterocycles. The lowest BCUT2D eigenvalue weighted by Crippen LogP contribution is -2.34. The Balaban J connectivity index is 0.00000385. The molecule has 11 heteroatoms. The third kappa shape index (κ3) is 6.83. The van der Waals surface area contributed by atoms with Crippen LogP contribution in [-0.2, 0) is 21.2 Å². The summed E-state index contributed by atoms with van der Waals surface area (Å²) in [5.41, 5.74) is 2.17. The molecule has 2 aromatic carbocycles. The topological polar surface area (TPSA) is 82.1 Å². The highest BCUT2D eigenvalue weighted by Crippen LogP contribution is 2.30. The summed E-state index contributed by atoms with van der Waals surface area (Å²) >= 11 is 12.0. The summed E-state index contributed by atoms with van der Waals surface area (Å²) in [7, 11) is -0.709. The molecule has 3 rings (SSSR count). The molecule has 180 valence electrons. The Morgan fingerprint density at radius 1 is 1.09 bits per heavy atom. The number of rotatable bonds is 9. The molecule has 0 unspecified atom stereocenters. The predicted octanol–water partition coefficient (Wildman–Crippen LogP) is 3.48. The largest absolute Gasteiger partial charge is 0.368 e. The molecule has 1 aliphatic heterocycles. The van der Waals surface area contributed by atoms with Crippen molar-refractivity contribution in [2.24, 2.45) is 4.99 Å². The Labute approximate surface area is 211 Å². The standard InChI is InChI=1S/C22H26Cl2N4O3S.ClH/c1-27(14-10-16-6-8-17(9-7-16)22-25-12-13-26-22)20(29)11-15-28(2)32(30,31)19-5-3-4-18(23)21(19)24;/h3-9H,10-15H2,1-2H3,(H,25,26);1H. The summed E-state index contributed by atoms with van der Waals surface area (Å²) in [6, 6.07) is 12.6. The van der Waals surface area contributed by atoms with Crippen molar-refractivity contribution < 1.29 is 13.2 Å². The van der Waals surface area contributed by atoms with Crippen LogP contribution < -0.4 is 5.32 Å². The molecule has 0 atom stereocenters. The number of amides is 1. The third-order valence-electron chi connectivity index (χ3n) is 5.31. The van der Waals surface area contributed by atoms with E-state index in [1.807, 2.05) is 24.3 Å². The highest BCUT2D eigenvalue weighted by Gasteiger charge is 2.25. The van der Waals surface area contributed by atoms with Crippen LogP contribution >= 0.6 is 35.6 Å². The molecule has 0 saturated carbocycles. The highest BCUT2D eigenvalue weighted by molar-refractivity contribution is 7.89. The quantitative estimate of drug-likeness (QED) is 0.535. The van der Waals surface area contributed by atoms with Gasteiger partial charge in [0.25, 0.3) is 0 Å². The van der Waals surface area contributed by atoms with Gasteiger partial charge in [0.15, 0.2) is 0 Å². The number of amidine groups is 1. The van der Waals surface area contributed by atoms with Gasteiger partial charge in [-0.05, 0) is 24.1 Å². The van der Waals surface area contributed by atoms with Gasteiger partial charge in [-0.3, -0.25) is 9.79 Å². The number of nitrogens with one attached hydrogen (secondary N) is 1. The molecule has 0 spiro atoms. The maximum absolute atomic E-state index is 12.8. The van der Waals surface area contributed by atoms with Crippen LogP contribution in [-0.4, -0.2) is 69.6 Å². The van der Waals surface area contributed by atoms with Gasteiger partial charge in [0, 0.05) is 45.7 Å². The summed E-state index contributed by atoms with van der Waals surface area (Å²) < 4.78 is 26.7. The van der Waals surface area contributed by atoms with Crippen LogP contribution in [0.2, 0.25) is 10.0 Å². The number of hydrogen-bond donors (Lipinski definition) is 1. The molecule has 0 saturated heterocycles. The zero-order chi connectivity index (χ0) is 23.3. The second-order valence-corrected chi connectivity index (χ2v) is 10.3. The monoisotopic (exact) mass is 532 g/mol. The van der Waals surface area contributed by atoms with E-state index in [0.29, 0.717) is 13.0 Å². The lowest BCUT2D eigenvalue weighted by molar-refractivity contribution is -0.129. The van der Waals surface area contributed by atoms with Gasteiger partial charge in [-0.15, -0.1) is 12.4 Å². The van der Waals surface area contributed by atoms with E-state index in [1.54, 1.807) is 11.9 Å². The van der Waals surface area contributed by atoms with Gasteiger partial charge in [-0.25, -0.2) is 12.7 Å². The maximum atomic E-state index is 12.8. The molecule has 1 amide bonds. The average Bonchev–Trinajstić information content (AvgIpc) is 3.32. The SMILES string of the molecule is CN(CCc1ccc(C2=NCCN2)cc1)C(=O)CCN(C)S(=O)(=O)c1cccc(Cl)c1Cl.Cl. The van der Waals surface area contributed by atoms with Gasteiger partial charge >= 0.3 is 0 Å². The van der Waals surface area contributed by atoms with Gasteiger partial charge in [0.05, 0.1) is 16.6 Å². The van der Waals surface area contributed by atoms with E-state index in [9.17, 15) is 13.2 Å². The number of sulfonamides is 1. The minimum absolute atomic E-state index is 0. The van der Waals surface area contributed by atoms with Crippen molar-refractivity contribution in [3.63, 3.8) is 0 Å². The van der Waals surface area contributed by atoms with Crippen LogP contribution in [0.15, 0.2) is 52.4 Å². The lowest BCUT2D eigenvalue weighted by Gasteiger charge is -2.21. The summed E-state index contributed by atoms with van der Waals surface area (Å²) in [6.45, 7) is 2.24. The average molecular weight is 534 g/mol. The van der Waals surface area contributed by atoms with Crippen LogP contribution in [0.1, 0.15) is 17.5 Å². The van der Waals surface area contributed by atoms with E-state index in [4.69, 9.17) is 23.2 Å². The molecular formula is C22H27Cl3N4O3S. The van der Waals surface area contributed by atoms with Gasteiger partial charge in [0.2, 0.25) is 15.9 Å². The first-order valence-corrected chi connectivity index (χ1v) is 12.4. The van der Waals surface area contributed by atoms with Gasteiger partial charge < -0.3 is 10.2 Å². The first-order chi connectivity index (χ1) is 15.2. The van der Waals surface area contributed by atoms with Crippen LogP contribution in [0.25, 0.3) is 0 Å². The summed E-state index contributed by atoms with van der Waals surface area (Å²) in [4.78, 5) is 18.5. The van der Waals surface area contributed by atoms with E-state index < -0.39 is 10.0 Å². The van der Waals surface area contributed by atoms with E-state index in [0.717, 1.165) is 34.4 Å². The maximum Gasteiger partial charge on any atom is 0.244 e. The van der Waals surface area contributed by atoms with Crippen molar-refractivity contribution in [2.75, 3.05) is 40.3 Å². The summed E-state index contributed by atoms with van der Waals surface area (Å²) in [6.07, 6.45) is 0.767. The van der Waals surface area contributed by atoms with E-state index >= 15 is 0 Å². The highest BCUT2D eigenvalue weighted by atomic mass is 35.5. The normalized spacial score (nSPS) is 13.3. The Morgan fingerprint density at radius 3 is 2.42 bits per heavy atom. The number of likely N-dealkylation sites (N-methyl/N-ethyl adjacent to an activating group) is 1. The number of carbonyl (C=O) groups excluding carboxylic acids is 1. The second kappa shape index (κ2) is 12.0. The molecule has 0 radical (unpaired) electrons. The molecule has 0 aromatic heterocycles. The molecule has 2 aromatic rings. The fraction of sp³-hybridized carbons (Fsp3) is 0.364. The first-order valence-electron chi connectivity index (χ1n) is 10.2. The second-order valence-electron chi connectivity index (χ2n) is 7.55. The Hall–Kier alpha value is -1.84. The van der Waals surface area contributed by atoms with E-state index in [2.05, 4.69) is 10.3 Å². The van der Waals surface area contributed by atoms with Crippen molar-refractivity contribution in [1.82, 2.24) is 14.5 Å². The van der Waals surface area contributed by atoms with Gasteiger partial charge in [-0.1, -0.05) is 53.5 Å². The van der Waals surface area contributed by atoms with Crippen LogP contribution in [0.3, 0.4) is 0 Å². The van der Waals surface area contributed by atoms with Crippen molar-refractivity contribution in [1.29, 1.82) is 0 Å². The third-order valence-corrected chi connectivity index (χ3v) is 8.14. The zero-order valence-electron chi connectivity index (χ0n) is 18.4. The molecule has 0 bridgehead atoms. The fourth-order valence-corrected chi connectivity index (χ4v) is 5.16. The molecular weight excluding hydrogens is 507 g/mol. The number of halogens is 3. The number of carbonyl (C=O) groups is 1. The molecule has 33 heavy (non-hydrogen) atoms.